The molecule has 0 atom stereocenters. The molecule has 4 heterocycles. The highest BCUT2D eigenvalue weighted by molar-refractivity contribution is 5.91. The molecule has 2 aliphatic heterocycles. The van der Waals surface area contributed by atoms with Crippen LogP contribution in [0.5, 0.6) is 0 Å². The summed E-state index contributed by atoms with van der Waals surface area (Å²) >= 11 is 0. The van der Waals surface area contributed by atoms with Gasteiger partial charge in [0.2, 0.25) is 11.9 Å². The normalized spacial score (nSPS) is 18.4. The van der Waals surface area contributed by atoms with E-state index in [1.54, 1.807) is 35.5 Å². The number of rotatable bonds is 4. The summed E-state index contributed by atoms with van der Waals surface area (Å²) in [6, 6.07) is 5.18. The van der Waals surface area contributed by atoms with Crippen molar-refractivity contribution in [2.24, 2.45) is 0 Å². The van der Waals surface area contributed by atoms with Crippen LogP contribution in [0.15, 0.2) is 41.3 Å². The van der Waals surface area contributed by atoms with Gasteiger partial charge in [-0.25, -0.2) is 9.97 Å². The van der Waals surface area contributed by atoms with E-state index in [0.717, 1.165) is 32.1 Å². The number of aromatic nitrogens is 2. The minimum absolute atomic E-state index is 0.114. The monoisotopic (exact) mass is 384 g/mol. The highest BCUT2D eigenvalue weighted by atomic mass is 16.3. The lowest BCUT2D eigenvalue weighted by atomic mass is 10.2. The molecule has 4 rings (SSSR count). The molecule has 9 nitrogen and oxygen atoms in total. The van der Waals surface area contributed by atoms with Gasteiger partial charge in [-0.2, -0.15) is 0 Å². The van der Waals surface area contributed by atoms with Crippen LogP contribution in [0.3, 0.4) is 0 Å². The minimum atomic E-state index is -0.114. The topological polar surface area (TPSA) is 86.0 Å². The molecule has 0 aromatic carbocycles. The molecule has 0 N–H and O–H groups in total. The van der Waals surface area contributed by atoms with Gasteiger partial charge in [-0.1, -0.05) is 0 Å². The Morgan fingerprint density at radius 1 is 0.893 bits per heavy atom. The first kappa shape index (κ1) is 18.4. The Hall–Kier alpha value is -2.94. The summed E-state index contributed by atoms with van der Waals surface area (Å²) in [6.07, 6.45) is 4.99. The number of carbonyl (C=O) groups excluding carboxylic acids is 2. The third-order valence-electron chi connectivity index (χ3n) is 5.22. The van der Waals surface area contributed by atoms with E-state index < -0.39 is 0 Å². The first-order valence-electron chi connectivity index (χ1n) is 9.55. The van der Waals surface area contributed by atoms with Crippen LogP contribution in [0.1, 0.15) is 10.6 Å². The summed E-state index contributed by atoms with van der Waals surface area (Å²) in [6.45, 7) is 5.82. The smallest absolute Gasteiger partial charge is 0.289 e. The van der Waals surface area contributed by atoms with Crippen molar-refractivity contribution in [3.05, 3.63) is 42.6 Å². The Morgan fingerprint density at radius 2 is 1.57 bits per heavy atom. The molecular formula is C19H24N6O3. The van der Waals surface area contributed by atoms with Crippen molar-refractivity contribution < 1.29 is 14.0 Å². The predicted molar refractivity (Wildman–Crippen MR) is 102 cm³/mol. The molecule has 148 valence electrons. The SMILES string of the molecule is O=C(CN1CCN(c2ncccn2)CC1)N1CCN(C(=O)c2ccco2)CC1. The maximum atomic E-state index is 12.6. The highest BCUT2D eigenvalue weighted by Gasteiger charge is 2.28. The maximum Gasteiger partial charge on any atom is 0.289 e. The Kier molecular flexibility index (Phi) is 5.52. The molecule has 0 spiro atoms. The lowest BCUT2D eigenvalue weighted by Gasteiger charge is -2.37. The van der Waals surface area contributed by atoms with Gasteiger partial charge in [0.15, 0.2) is 5.76 Å². The Balaban J connectivity index is 1.22. The summed E-state index contributed by atoms with van der Waals surface area (Å²) in [5.41, 5.74) is 0. The second kappa shape index (κ2) is 8.39. The van der Waals surface area contributed by atoms with Crippen molar-refractivity contribution in [3.8, 4) is 0 Å². The molecule has 0 aliphatic carbocycles. The van der Waals surface area contributed by atoms with Crippen LogP contribution in [0.4, 0.5) is 5.95 Å². The molecule has 2 aromatic rings. The van der Waals surface area contributed by atoms with E-state index >= 15 is 0 Å². The average Bonchev–Trinajstić information content (AvgIpc) is 3.29. The molecule has 2 fully saturated rings. The van der Waals surface area contributed by atoms with E-state index in [4.69, 9.17) is 4.42 Å². The quantitative estimate of drug-likeness (QED) is 0.743. The number of piperazine rings is 2. The molecule has 28 heavy (non-hydrogen) atoms. The van der Waals surface area contributed by atoms with Gasteiger partial charge < -0.3 is 19.1 Å². The largest absolute Gasteiger partial charge is 0.459 e. The van der Waals surface area contributed by atoms with E-state index in [9.17, 15) is 9.59 Å². The fourth-order valence-electron chi connectivity index (χ4n) is 3.57. The number of hydrogen-bond acceptors (Lipinski definition) is 7. The lowest BCUT2D eigenvalue weighted by molar-refractivity contribution is -0.134. The third-order valence-corrected chi connectivity index (χ3v) is 5.22. The maximum absolute atomic E-state index is 12.6. The zero-order valence-electron chi connectivity index (χ0n) is 15.7. The fraction of sp³-hybridized carbons (Fsp3) is 0.474. The molecular weight excluding hydrogens is 360 g/mol. The van der Waals surface area contributed by atoms with Gasteiger partial charge >= 0.3 is 0 Å². The van der Waals surface area contributed by atoms with Crippen LogP contribution in [-0.4, -0.2) is 95.4 Å². The van der Waals surface area contributed by atoms with Gasteiger partial charge in [0.05, 0.1) is 12.8 Å². The van der Waals surface area contributed by atoms with Crippen LogP contribution in [-0.2, 0) is 4.79 Å². The molecule has 9 heteroatoms. The highest BCUT2D eigenvalue weighted by Crippen LogP contribution is 2.12. The van der Waals surface area contributed by atoms with Gasteiger partial charge in [-0.15, -0.1) is 0 Å². The van der Waals surface area contributed by atoms with Gasteiger partial charge in [0.1, 0.15) is 0 Å². The van der Waals surface area contributed by atoms with E-state index in [0.29, 0.717) is 38.5 Å². The first-order valence-corrected chi connectivity index (χ1v) is 9.55. The van der Waals surface area contributed by atoms with Crippen molar-refractivity contribution in [3.63, 3.8) is 0 Å². The minimum Gasteiger partial charge on any atom is -0.459 e. The van der Waals surface area contributed by atoms with Crippen LogP contribution in [0.2, 0.25) is 0 Å². The Morgan fingerprint density at radius 3 is 2.21 bits per heavy atom. The number of furan rings is 1. The summed E-state index contributed by atoms with van der Waals surface area (Å²) in [5.74, 6) is 1.09. The van der Waals surface area contributed by atoms with Gasteiger partial charge in [-0.05, 0) is 18.2 Å². The van der Waals surface area contributed by atoms with Crippen LogP contribution < -0.4 is 4.90 Å². The number of nitrogens with zero attached hydrogens (tertiary/aromatic N) is 6. The zero-order chi connectivity index (χ0) is 19.3. The van der Waals surface area contributed by atoms with Gasteiger partial charge in [0.25, 0.3) is 5.91 Å². The molecule has 2 aliphatic rings. The van der Waals surface area contributed by atoms with Crippen molar-refractivity contribution in [1.29, 1.82) is 0 Å². The Labute approximate surface area is 163 Å². The average molecular weight is 384 g/mol. The number of carbonyl (C=O) groups is 2. The summed E-state index contributed by atoms with van der Waals surface area (Å²) in [7, 11) is 0. The van der Waals surface area contributed by atoms with Crippen molar-refractivity contribution in [1.82, 2.24) is 24.7 Å². The van der Waals surface area contributed by atoms with Crippen LogP contribution in [0.25, 0.3) is 0 Å². The Bertz CT molecular complexity index is 781. The molecule has 2 amide bonds. The van der Waals surface area contributed by atoms with Crippen molar-refractivity contribution in [2.75, 3.05) is 63.8 Å². The number of anilines is 1. The second-order valence-electron chi connectivity index (χ2n) is 6.96. The number of amides is 2. The first-order chi connectivity index (χ1) is 13.7. The fourth-order valence-corrected chi connectivity index (χ4v) is 3.57. The lowest BCUT2D eigenvalue weighted by Crippen LogP contribution is -2.54. The molecule has 0 unspecified atom stereocenters. The van der Waals surface area contributed by atoms with E-state index in [1.807, 2.05) is 4.90 Å². The summed E-state index contributed by atoms with van der Waals surface area (Å²) < 4.78 is 5.17. The van der Waals surface area contributed by atoms with Crippen molar-refractivity contribution >= 4 is 17.8 Å². The predicted octanol–water partition coefficient (Wildman–Crippen LogP) is 0.176. The summed E-state index contributed by atoms with van der Waals surface area (Å²) in [5, 5.41) is 0. The van der Waals surface area contributed by atoms with Gasteiger partial charge in [0, 0.05) is 64.8 Å². The van der Waals surface area contributed by atoms with E-state index in [-0.39, 0.29) is 11.8 Å². The second-order valence-corrected chi connectivity index (χ2v) is 6.96. The molecule has 0 bridgehead atoms. The molecule has 2 aromatic heterocycles. The summed E-state index contributed by atoms with van der Waals surface area (Å²) in [4.78, 5) is 41.4. The third kappa shape index (κ3) is 4.14. The van der Waals surface area contributed by atoms with E-state index in [1.165, 1.54) is 6.26 Å². The van der Waals surface area contributed by atoms with Gasteiger partial charge in [-0.3, -0.25) is 14.5 Å². The number of hydrogen-bond donors (Lipinski definition) is 0. The van der Waals surface area contributed by atoms with Crippen LogP contribution >= 0.6 is 0 Å². The molecule has 0 radical (unpaired) electrons. The van der Waals surface area contributed by atoms with E-state index in [2.05, 4.69) is 19.8 Å². The van der Waals surface area contributed by atoms with Crippen molar-refractivity contribution in [2.45, 2.75) is 0 Å². The molecule has 2 saturated heterocycles. The standard InChI is InChI=1S/C19H24N6O3/c26-17(15-22-6-8-25(9-7-22)19-20-4-2-5-21-19)23-10-12-24(13-11-23)18(27)16-3-1-14-28-16/h1-5,14H,6-13,15H2. The van der Waals surface area contributed by atoms with Crippen LogP contribution in [0, 0.1) is 0 Å². The zero-order valence-corrected chi connectivity index (χ0v) is 15.7. The molecule has 0 saturated carbocycles.